The Morgan fingerprint density at radius 3 is 2.74 bits per heavy atom. The second kappa shape index (κ2) is 8.50. The summed E-state index contributed by atoms with van der Waals surface area (Å²) < 4.78 is 29.0. The van der Waals surface area contributed by atoms with Crippen LogP contribution in [0, 0.1) is 5.82 Å². The zero-order valence-electron chi connectivity index (χ0n) is 14.7. The molecule has 6 nitrogen and oxygen atoms in total. The molecule has 1 aromatic heterocycles. The molecular formula is C19H17FN2O4S. The molecule has 0 bridgehead atoms. The molecule has 0 spiro atoms. The zero-order valence-corrected chi connectivity index (χ0v) is 15.5. The molecule has 0 aliphatic heterocycles. The van der Waals surface area contributed by atoms with Gasteiger partial charge >= 0.3 is 0 Å². The third-order valence-corrected chi connectivity index (χ3v) is 4.36. The van der Waals surface area contributed by atoms with Crippen molar-refractivity contribution in [1.82, 2.24) is 4.98 Å². The summed E-state index contributed by atoms with van der Waals surface area (Å²) in [4.78, 5) is 16.4. The van der Waals surface area contributed by atoms with E-state index in [0.29, 0.717) is 22.3 Å². The predicted octanol–water partition coefficient (Wildman–Crippen LogP) is 3.98. The van der Waals surface area contributed by atoms with Crippen LogP contribution in [0.2, 0.25) is 0 Å². The maximum absolute atomic E-state index is 13.1. The minimum absolute atomic E-state index is 0.249. The Balaban J connectivity index is 1.66. The number of aromatic nitrogens is 1. The Morgan fingerprint density at radius 1 is 1.15 bits per heavy atom. The number of halogens is 1. The average Bonchev–Trinajstić information content (AvgIpc) is 3.14. The molecule has 3 aromatic rings. The molecular weight excluding hydrogens is 371 g/mol. The summed E-state index contributed by atoms with van der Waals surface area (Å²) in [6.07, 6.45) is 0. The number of hydrogen-bond donors (Lipinski definition) is 1. The first-order valence-electron chi connectivity index (χ1n) is 7.95. The van der Waals surface area contributed by atoms with Gasteiger partial charge in [-0.3, -0.25) is 10.1 Å². The van der Waals surface area contributed by atoms with Gasteiger partial charge in [0.1, 0.15) is 23.1 Å². The number of nitrogens with one attached hydrogen (secondary N) is 1. The molecule has 140 valence electrons. The van der Waals surface area contributed by atoms with E-state index < -0.39 is 11.7 Å². The van der Waals surface area contributed by atoms with Gasteiger partial charge in [0.15, 0.2) is 11.7 Å². The van der Waals surface area contributed by atoms with Gasteiger partial charge in [-0.25, -0.2) is 9.37 Å². The fraction of sp³-hybridized carbons (Fsp3) is 0.158. The van der Waals surface area contributed by atoms with Gasteiger partial charge in [0, 0.05) is 17.0 Å². The van der Waals surface area contributed by atoms with Crippen molar-refractivity contribution in [3.8, 4) is 28.5 Å². The third kappa shape index (κ3) is 4.73. The predicted molar refractivity (Wildman–Crippen MR) is 101 cm³/mol. The molecule has 2 aromatic carbocycles. The monoisotopic (exact) mass is 388 g/mol. The van der Waals surface area contributed by atoms with Crippen molar-refractivity contribution in [2.75, 3.05) is 26.1 Å². The van der Waals surface area contributed by atoms with Crippen LogP contribution in [-0.4, -0.2) is 31.7 Å². The minimum atomic E-state index is -0.426. The lowest BCUT2D eigenvalue weighted by Crippen LogP contribution is -2.20. The number of amides is 1. The molecule has 3 rings (SSSR count). The number of hydrogen-bond acceptors (Lipinski definition) is 6. The van der Waals surface area contributed by atoms with E-state index in [9.17, 15) is 9.18 Å². The van der Waals surface area contributed by atoms with Crippen molar-refractivity contribution in [2.45, 2.75) is 0 Å². The van der Waals surface area contributed by atoms with E-state index in [1.165, 1.54) is 29.5 Å². The second-order valence-corrected chi connectivity index (χ2v) is 6.26. The molecule has 0 saturated heterocycles. The summed E-state index contributed by atoms with van der Waals surface area (Å²) >= 11 is 1.27. The van der Waals surface area contributed by atoms with Crippen molar-refractivity contribution < 1.29 is 23.4 Å². The maximum atomic E-state index is 13.1. The Kier molecular flexibility index (Phi) is 5.87. The number of carbonyl (C=O) groups excluding carboxylic acids is 1. The topological polar surface area (TPSA) is 69.7 Å². The summed E-state index contributed by atoms with van der Waals surface area (Å²) in [6.45, 7) is -0.249. The molecule has 0 saturated carbocycles. The number of carbonyl (C=O) groups is 1. The molecule has 8 heteroatoms. The SMILES string of the molecule is COc1ccc(OC)c(-c2csc(NC(=O)COc3cccc(F)c3)n2)c1. The second-order valence-electron chi connectivity index (χ2n) is 5.40. The molecule has 0 radical (unpaired) electrons. The van der Waals surface area contributed by atoms with Gasteiger partial charge in [0.25, 0.3) is 5.91 Å². The number of rotatable bonds is 7. The van der Waals surface area contributed by atoms with Crippen molar-refractivity contribution in [1.29, 1.82) is 0 Å². The van der Waals surface area contributed by atoms with Gasteiger partial charge in [-0.1, -0.05) is 6.07 Å². The quantitative estimate of drug-likeness (QED) is 0.663. The number of ether oxygens (including phenoxy) is 3. The molecule has 1 N–H and O–H groups in total. The molecule has 1 heterocycles. The van der Waals surface area contributed by atoms with Gasteiger partial charge in [-0.05, 0) is 30.3 Å². The van der Waals surface area contributed by atoms with E-state index in [2.05, 4.69) is 10.3 Å². The van der Waals surface area contributed by atoms with Crippen molar-refractivity contribution in [2.24, 2.45) is 0 Å². The lowest BCUT2D eigenvalue weighted by atomic mass is 10.1. The van der Waals surface area contributed by atoms with Gasteiger partial charge in [0.05, 0.1) is 19.9 Å². The third-order valence-electron chi connectivity index (χ3n) is 3.60. The first kappa shape index (κ1) is 18.7. The molecule has 1 amide bonds. The van der Waals surface area contributed by atoms with Crippen LogP contribution in [0.1, 0.15) is 0 Å². The average molecular weight is 388 g/mol. The van der Waals surface area contributed by atoms with Gasteiger partial charge < -0.3 is 14.2 Å². The van der Waals surface area contributed by atoms with E-state index in [0.717, 1.165) is 5.56 Å². The van der Waals surface area contributed by atoms with Crippen LogP contribution in [0.3, 0.4) is 0 Å². The van der Waals surface area contributed by atoms with Crippen LogP contribution in [-0.2, 0) is 4.79 Å². The summed E-state index contributed by atoms with van der Waals surface area (Å²) in [6, 6.07) is 11.0. The van der Waals surface area contributed by atoms with Gasteiger partial charge in [-0.2, -0.15) is 0 Å². The van der Waals surface area contributed by atoms with E-state index in [4.69, 9.17) is 14.2 Å². The van der Waals surface area contributed by atoms with Crippen LogP contribution < -0.4 is 19.5 Å². The summed E-state index contributed by atoms with van der Waals surface area (Å²) in [7, 11) is 3.15. The van der Waals surface area contributed by atoms with Crippen LogP contribution >= 0.6 is 11.3 Å². The van der Waals surface area contributed by atoms with Crippen LogP contribution in [0.4, 0.5) is 9.52 Å². The fourth-order valence-electron chi connectivity index (χ4n) is 2.33. The van der Waals surface area contributed by atoms with E-state index in [1.54, 1.807) is 37.8 Å². The molecule has 0 aliphatic rings. The zero-order chi connectivity index (χ0) is 19.2. The van der Waals surface area contributed by atoms with Gasteiger partial charge in [-0.15, -0.1) is 11.3 Å². The maximum Gasteiger partial charge on any atom is 0.264 e. The largest absolute Gasteiger partial charge is 0.497 e. The van der Waals surface area contributed by atoms with Crippen LogP contribution in [0.5, 0.6) is 17.2 Å². The van der Waals surface area contributed by atoms with E-state index in [1.807, 2.05) is 6.07 Å². The highest BCUT2D eigenvalue weighted by atomic mass is 32.1. The lowest BCUT2D eigenvalue weighted by molar-refractivity contribution is -0.118. The fourth-order valence-corrected chi connectivity index (χ4v) is 3.06. The minimum Gasteiger partial charge on any atom is -0.497 e. The van der Waals surface area contributed by atoms with E-state index in [-0.39, 0.29) is 12.4 Å². The van der Waals surface area contributed by atoms with Crippen molar-refractivity contribution in [3.05, 3.63) is 53.7 Å². The number of thiazole rings is 1. The van der Waals surface area contributed by atoms with Crippen molar-refractivity contribution in [3.63, 3.8) is 0 Å². The van der Waals surface area contributed by atoms with Crippen molar-refractivity contribution >= 4 is 22.4 Å². The van der Waals surface area contributed by atoms with Crippen LogP contribution in [0.25, 0.3) is 11.3 Å². The highest BCUT2D eigenvalue weighted by Gasteiger charge is 2.13. The normalized spacial score (nSPS) is 10.3. The Bertz CT molecular complexity index is 945. The van der Waals surface area contributed by atoms with Gasteiger partial charge in [0.2, 0.25) is 0 Å². The standard InChI is InChI=1S/C19H17FN2O4S/c1-24-13-6-7-17(25-2)15(9-13)16-11-27-19(21-16)22-18(23)10-26-14-5-3-4-12(20)8-14/h3-9,11H,10H2,1-2H3,(H,21,22,23). The summed E-state index contributed by atoms with van der Waals surface area (Å²) in [5, 5.41) is 4.89. The number of methoxy groups -OCH3 is 2. The molecule has 0 unspecified atom stereocenters. The highest BCUT2D eigenvalue weighted by molar-refractivity contribution is 7.14. The number of benzene rings is 2. The Hall–Kier alpha value is -3.13. The first-order valence-corrected chi connectivity index (χ1v) is 8.83. The molecule has 0 aliphatic carbocycles. The van der Waals surface area contributed by atoms with E-state index >= 15 is 0 Å². The number of anilines is 1. The van der Waals surface area contributed by atoms with Crippen LogP contribution in [0.15, 0.2) is 47.8 Å². The smallest absolute Gasteiger partial charge is 0.264 e. The first-order chi connectivity index (χ1) is 13.1. The molecule has 0 atom stereocenters. The molecule has 0 fully saturated rings. The Morgan fingerprint density at radius 2 is 2.00 bits per heavy atom. The summed E-state index contributed by atoms with van der Waals surface area (Å²) in [5.41, 5.74) is 1.40. The number of nitrogens with zero attached hydrogens (tertiary/aromatic N) is 1. The highest BCUT2D eigenvalue weighted by Crippen LogP contribution is 2.35. The Labute approximate surface area is 159 Å². The molecule has 27 heavy (non-hydrogen) atoms. The summed E-state index contributed by atoms with van der Waals surface area (Å²) in [5.74, 6) is 0.787. The lowest BCUT2D eigenvalue weighted by Gasteiger charge is -2.08.